The quantitative estimate of drug-likeness (QED) is 0.849. The van der Waals surface area contributed by atoms with Crippen LogP contribution in [0, 0.1) is 5.82 Å². The Morgan fingerprint density at radius 3 is 2.94 bits per heavy atom. The van der Waals surface area contributed by atoms with E-state index in [1.165, 1.54) is 30.1 Å². The second kappa shape index (κ2) is 5.01. The van der Waals surface area contributed by atoms with E-state index in [0.717, 1.165) is 6.07 Å². The van der Waals surface area contributed by atoms with E-state index in [1.807, 2.05) is 0 Å². The molecule has 6 heteroatoms. The second-order valence-electron chi connectivity index (χ2n) is 3.21. The number of carboxylic acids is 1. The molecule has 0 aliphatic carbocycles. The molecule has 4 nitrogen and oxygen atoms in total. The Bertz CT molecular complexity index is 528. The summed E-state index contributed by atoms with van der Waals surface area (Å²) in [5.41, 5.74) is -0.326. The molecule has 0 aliphatic rings. The molecule has 0 fully saturated rings. The van der Waals surface area contributed by atoms with Gasteiger partial charge in [-0.3, -0.25) is 0 Å². The Morgan fingerprint density at radius 1 is 1.47 bits per heavy atom. The molecule has 17 heavy (non-hydrogen) atoms. The van der Waals surface area contributed by atoms with E-state index in [1.54, 1.807) is 6.07 Å². The summed E-state index contributed by atoms with van der Waals surface area (Å²) in [6.45, 7) is 0. The summed E-state index contributed by atoms with van der Waals surface area (Å²) in [7, 11) is 0. The lowest BCUT2D eigenvalue weighted by atomic mass is 10.2. The average Bonchev–Trinajstić information content (AvgIpc) is 2.80. The fourth-order valence-corrected chi connectivity index (χ4v) is 2.05. The minimum absolute atomic E-state index is 0.326. The van der Waals surface area contributed by atoms with E-state index in [9.17, 15) is 9.18 Å². The number of nitrogens with zero attached hydrogens (tertiary/aromatic N) is 1. The normalized spacial score (nSPS) is 10.4. The number of carboxylic acid groups (broad SMARTS) is 1. The van der Waals surface area contributed by atoms with Crippen LogP contribution in [0.3, 0.4) is 0 Å². The minimum atomic E-state index is -1.27. The van der Waals surface area contributed by atoms with Crippen molar-refractivity contribution in [2.45, 2.75) is 10.6 Å². The van der Waals surface area contributed by atoms with Crippen molar-refractivity contribution in [3.8, 4) is 0 Å². The summed E-state index contributed by atoms with van der Waals surface area (Å²) in [5, 5.41) is 12.3. The summed E-state index contributed by atoms with van der Waals surface area (Å²) < 4.78 is 18.0. The van der Waals surface area contributed by atoms with Gasteiger partial charge in [-0.1, -0.05) is 5.16 Å². The van der Waals surface area contributed by atoms with Gasteiger partial charge in [0.1, 0.15) is 11.6 Å². The van der Waals surface area contributed by atoms with Gasteiger partial charge in [-0.25, -0.2) is 9.18 Å². The number of carbonyl (C=O) groups is 1. The molecule has 2 aromatic rings. The van der Waals surface area contributed by atoms with Gasteiger partial charge in [-0.05, 0) is 18.2 Å². The van der Waals surface area contributed by atoms with Gasteiger partial charge in [-0.2, -0.15) is 0 Å². The molecule has 0 saturated heterocycles. The van der Waals surface area contributed by atoms with Crippen molar-refractivity contribution in [2.75, 3.05) is 0 Å². The maximum absolute atomic E-state index is 13.1. The average molecular weight is 253 g/mol. The van der Waals surface area contributed by atoms with Crippen LogP contribution in [0.5, 0.6) is 0 Å². The zero-order valence-electron chi connectivity index (χ0n) is 8.59. The van der Waals surface area contributed by atoms with E-state index in [-0.39, 0.29) is 5.56 Å². The van der Waals surface area contributed by atoms with Crippen LogP contribution >= 0.6 is 11.8 Å². The summed E-state index contributed by atoms with van der Waals surface area (Å²) in [4.78, 5) is 11.4. The van der Waals surface area contributed by atoms with Gasteiger partial charge >= 0.3 is 5.97 Å². The molecule has 0 aliphatic heterocycles. The number of aromatic carboxylic acids is 1. The first-order valence-corrected chi connectivity index (χ1v) is 5.70. The number of thioether (sulfide) groups is 1. The van der Waals surface area contributed by atoms with Crippen molar-refractivity contribution in [1.29, 1.82) is 0 Å². The lowest BCUT2D eigenvalue weighted by Gasteiger charge is -2.02. The lowest BCUT2D eigenvalue weighted by Crippen LogP contribution is -2.00. The van der Waals surface area contributed by atoms with Gasteiger partial charge < -0.3 is 9.63 Å². The first-order chi connectivity index (χ1) is 8.16. The third kappa shape index (κ3) is 2.85. The molecule has 0 spiro atoms. The van der Waals surface area contributed by atoms with Crippen molar-refractivity contribution in [2.24, 2.45) is 0 Å². The Kier molecular flexibility index (Phi) is 3.43. The van der Waals surface area contributed by atoms with Gasteiger partial charge in [0.15, 0.2) is 0 Å². The Hall–Kier alpha value is -1.82. The zero-order valence-corrected chi connectivity index (χ0v) is 9.41. The van der Waals surface area contributed by atoms with Gasteiger partial charge in [0.2, 0.25) is 0 Å². The molecule has 0 bridgehead atoms. The first kappa shape index (κ1) is 11.7. The standard InChI is InChI=1S/C11H8FNO3S/c12-10-2-1-8(5-9(10)11(14)15)17-6-7-3-4-13-16-7/h1-5H,6H2,(H,14,15). The molecule has 88 valence electrons. The van der Waals surface area contributed by atoms with Gasteiger partial charge in [0.25, 0.3) is 0 Å². The first-order valence-electron chi connectivity index (χ1n) is 4.72. The largest absolute Gasteiger partial charge is 0.478 e. The molecule has 1 N–H and O–H groups in total. The van der Waals surface area contributed by atoms with Gasteiger partial charge in [0.05, 0.1) is 17.5 Å². The molecular weight excluding hydrogens is 245 g/mol. The van der Waals surface area contributed by atoms with Crippen molar-refractivity contribution >= 4 is 17.7 Å². The molecule has 0 amide bonds. The maximum Gasteiger partial charge on any atom is 0.338 e. The van der Waals surface area contributed by atoms with Crippen LogP contribution in [0.1, 0.15) is 16.1 Å². The van der Waals surface area contributed by atoms with Crippen LogP contribution in [0.15, 0.2) is 39.9 Å². The monoisotopic (exact) mass is 253 g/mol. The van der Waals surface area contributed by atoms with Crippen molar-refractivity contribution in [3.05, 3.63) is 47.6 Å². The third-order valence-corrected chi connectivity index (χ3v) is 3.06. The number of benzene rings is 1. The minimum Gasteiger partial charge on any atom is -0.478 e. The topological polar surface area (TPSA) is 63.3 Å². The van der Waals surface area contributed by atoms with Crippen molar-refractivity contribution in [3.63, 3.8) is 0 Å². The highest BCUT2D eigenvalue weighted by Gasteiger charge is 2.11. The number of hydrogen-bond donors (Lipinski definition) is 1. The van der Waals surface area contributed by atoms with E-state index in [2.05, 4.69) is 5.16 Å². The lowest BCUT2D eigenvalue weighted by molar-refractivity contribution is 0.0691. The van der Waals surface area contributed by atoms with Crippen molar-refractivity contribution < 1.29 is 18.8 Å². The highest BCUT2D eigenvalue weighted by molar-refractivity contribution is 7.98. The summed E-state index contributed by atoms with van der Waals surface area (Å²) in [6, 6.07) is 5.70. The van der Waals surface area contributed by atoms with Crippen LogP contribution in [-0.4, -0.2) is 16.2 Å². The highest BCUT2D eigenvalue weighted by Crippen LogP contribution is 2.24. The zero-order chi connectivity index (χ0) is 12.3. The van der Waals surface area contributed by atoms with E-state index in [4.69, 9.17) is 9.63 Å². The fraction of sp³-hybridized carbons (Fsp3) is 0.0909. The fourth-order valence-electron chi connectivity index (χ4n) is 1.23. The van der Waals surface area contributed by atoms with Crippen molar-refractivity contribution in [1.82, 2.24) is 5.16 Å². The predicted octanol–water partition coefficient (Wildman–Crippen LogP) is 2.80. The van der Waals surface area contributed by atoms with Crippen LogP contribution in [0.4, 0.5) is 4.39 Å². The summed E-state index contributed by atoms with van der Waals surface area (Å²) in [5.74, 6) is -0.813. The van der Waals surface area contributed by atoms with Gasteiger partial charge in [-0.15, -0.1) is 11.8 Å². The third-order valence-electron chi connectivity index (χ3n) is 2.04. The molecule has 1 heterocycles. The SMILES string of the molecule is O=C(O)c1cc(SCc2ccno2)ccc1F. The number of halogens is 1. The Morgan fingerprint density at radius 2 is 2.29 bits per heavy atom. The molecule has 1 aromatic heterocycles. The highest BCUT2D eigenvalue weighted by atomic mass is 32.2. The number of rotatable bonds is 4. The van der Waals surface area contributed by atoms with Crippen LogP contribution in [0.25, 0.3) is 0 Å². The number of aromatic nitrogens is 1. The molecule has 1 aromatic carbocycles. The van der Waals surface area contributed by atoms with E-state index in [0.29, 0.717) is 16.4 Å². The summed E-state index contributed by atoms with van der Waals surface area (Å²) >= 11 is 1.35. The van der Waals surface area contributed by atoms with E-state index >= 15 is 0 Å². The van der Waals surface area contributed by atoms with E-state index < -0.39 is 11.8 Å². The molecule has 2 rings (SSSR count). The Balaban J connectivity index is 2.11. The smallest absolute Gasteiger partial charge is 0.338 e. The predicted molar refractivity (Wildman–Crippen MR) is 59.4 cm³/mol. The molecular formula is C11H8FNO3S. The molecule has 0 unspecified atom stereocenters. The Labute approximate surface area is 100 Å². The van der Waals surface area contributed by atoms with Crippen LogP contribution < -0.4 is 0 Å². The summed E-state index contributed by atoms with van der Waals surface area (Å²) in [6.07, 6.45) is 1.53. The maximum atomic E-state index is 13.1. The molecule has 0 radical (unpaired) electrons. The molecule has 0 atom stereocenters. The number of hydrogen-bond acceptors (Lipinski definition) is 4. The van der Waals surface area contributed by atoms with Gasteiger partial charge in [0, 0.05) is 11.0 Å². The van der Waals surface area contributed by atoms with Crippen LogP contribution in [0.2, 0.25) is 0 Å². The second-order valence-corrected chi connectivity index (χ2v) is 4.26. The molecule has 0 saturated carbocycles. The van der Waals surface area contributed by atoms with Crippen LogP contribution in [-0.2, 0) is 5.75 Å².